The van der Waals surface area contributed by atoms with Crippen LogP contribution < -0.4 is 4.74 Å². The summed E-state index contributed by atoms with van der Waals surface area (Å²) in [5.74, 6) is -2.67. The van der Waals surface area contributed by atoms with Gasteiger partial charge in [-0.25, -0.2) is 9.59 Å². The summed E-state index contributed by atoms with van der Waals surface area (Å²) in [4.78, 5) is 23.5. The highest BCUT2D eigenvalue weighted by Crippen LogP contribution is 2.24. The van der Waals surface area contributed by atoms with Gasteiger partial charge in [0.05, 0.1) is 6.61 Å². The number of rotatable bonds is 5. The second kappa shape index (κ2) is 11.7. The van der Waals surface area contributed by atoms with Gasteiger partial charge < -0.3 is 14.9 Å². The van der Waals surface area contributed by atoms with Gasteiger partial charge in [-0.2, -0.15) is 0 Å². The minimum Gasteiger partial charge on any atom is -0.494 e. The lowest BCUT2D eigenvalue weighted by Gasteiger charge is -2.40. The van der Waals surface area contributed by atoms with E-state index in [-0.39, 0.29) is 0 Å². The van der Waals surface area contributed by atoms with E-state index >= 15 is 0 Å². The SMILES string of the molecule is CCOc1ccc(CN2CCN(C3CCCCC3)CC2)cc1.O=C(O)C(=O)O. The van der Waals surface area contributed by atoms with Crippen molar-refractivity contribution in [3.8, 4) is 5.75 Å². The standard InChI is InChI=1S/C19H30N2O.C2H2O4/c1-2-22-19-10-8-17(9-11-19)16-20-12-14-21(15-13-20)18-6-4-3-5-7-18;3-1(4)2(5)6/h8-11,18H,2-7,12-16H2,1H3;(H,3,4)(H,5,6). The molecule has 1 aromatic carbocycles. The number of hydrogen-bond donors (Lipinski definition) is 2. The van der Waals surface area contributed by atoms with Crippen molar-refractivity contribution in [1.29, 1.82) is 0 Å². The summed E-state index contributed by atoms with van der Waals surface area (Å²) in [5.41, 5.74) is 1.40. The molecule has 0 unspecified atom stereocenters. The first-order valence-electron chi connectivity index (χ1n) is 10.1. The van der Waals surface area contributed by atoms with E-state index in [1.54, 1.807) is 0 Å². The van der Waals surface area contributed by atoms with Crippen LogP contribution in [0.25, 0.3) is 0 Å². The molecule has 1 saturated heterocycles. The number of nitrogens with zero attached hydrogens (tertiary/aromatic N) is 2. The molecule has 0 radical (unpaired) electrons. The fraction of sp³-hybridized carbons (Fsp3) is 0.619. The smallest absolute Gasteiger partial charge is 0.414 e. The minimum atomic E-state index is -1.82. The molecule has 1 aliphatic heterocycles. The first kappa shape index (κ1) is 22.2. The maximum Gasteiger partial charge on any atom is 0.414 e. The highest BCUT2D eigenvalue weighted by atomic mass is 16.5. The van der Waals surface area contributed by atoms with E-state index in [9.17, 15) is 0 Å². The first-order chi connectivity index (χ1) is 13.5. The average Bonchev–Trinajstić information content (AvgIpc) is 2.71. The van der Waals surface area contributed by atoms with Crippen molar-refractivity contribution in [1.82, 2.24) is 9.80 Å². The third kappa shape index (κ3) is 7.48. The van der Waals surface area contributed by atoms with Crippen molar-refractivity contribution in [2.24, 2.45) is 0 Å². The summed E-state index contributed by atoms with van der Waals surface area (Å²) >= 11 is 0. The van der Waals surface area contributed by atoms with Gasteiger partial charge in [-0.15, -0.1) is 0 Å². The minimum absolute atomic E-state index is 0.739. The number of carboxylic acids is 2. The highest BCUT2D eigenvalue weighted by Gasteiger charge is 2.24. The van der Waals surface area contributed by atoms with Crippen molar-refractivity contribution in [2.45, 2.75) is 51.6 Å². The molecule has 3 rings (SSSR count). The zero-order chi connectivity index (χ0) is 20.4. The van der Waals surface area contributed by atoms with Gasteiger partial charge in [-0.3, -0.25) is 9.80 Å². The van der Waals surface area contributed by atoms with E-state index in [0.29, 0.717) is 0 Å². The zero-order valence-corrected chi connectivity index (χ0v) is 16.7. The Bertz CT molecular complexity index is 594. The molecule has 0 bridgehead atoms. The Morgan fingerprint density at radius 3 is 2.04 bits per heavy atom. The number of piperazine rings is 1. The third-order valence-corrected chi connectivity index (χ3v) is 5.32. The van der Waals surface area contributed by atoms with E-state index in [2.05, 4.69) is 34.1 Å². The third-order valence-electron chi connectivity index (χ3n) is 5.32. The largest absolute Gasteiger partial charge is 0.494 e. The van der Waals surface area contributed by atoms with Crippen LogP contribution in [0.4, 0.5) is 0 Å². The maximum atomic E-state index is 9.10. The Morgan fingerprint density at radius 2 is 1.54 bits per heavy atom. The number of ether oxygens (including phenoxy) is 1. The zero-order valence-electron chi connectivity index (χ0n) is 16.7. The van der Waals surface area contributed by atoms with E-state index in [4.69, 9.17) is 24.5 Å². The monoisotopic (exact) mass is 392 g/mol. The molecule has 7 heteroatoms. The van der Waals surface area contributed by atoms with Crippen molar-refractivity contribution in [3.05, 3.63) is 29.8 Å². The van der Waals surface area contributed by atoms with E-state index < -0.39 is 11.9 Å². The Kier molecular flexibility index (Phi) is 9.23. The Balaban J connectivity index is 0.000000409. The molecule has 0 aromatic heterocycles. The van der Waals surface area contributed by atoms with Crippen LogP contribution in [0.15, 0.2) is 24.3 Å². The van der Waals surface area contributed by atoms with Gasteiger partial charge in [-0.1, -0.05) is 31.4 Å². The van der Waals surface area contributed by atoms with Gasteiger partial charge in [0.15, 0.2) is 0 Å². The molecule has 28 heavy (non-hydrogen) atoms. The maximum absolute atomic E-state index is 9.10. The topological polar surface area (TPSA) is 90.3 Å². The van der Waals surface area contributed by atoms with Crippen LogP contribution in [0.1, 0.15) is 44.6 Å². The molecule has 0 atom stereocenters. The number of hydrogen-bond acceptors (Lipinski definition) is 5. The first-order valence-corrected chi connectivity index (χ1v) is 10.1. The van der Waals surface area contributed by atoms with Gasteiger partial charge >= 0.3 is 11.9 Å². The summed E-state index contributed by atoms with van der Waals surface area (Å²) in [6, 6.07) is 9.48. The number of carboxylic acid groups (broad SMARTS) is 2. The highest BCUT2D eigenvalue weighted by molar-refractivity contribution is 6.27. The molecule has 7 nitrogen and oxygen atoms in total. The lowest BCUT2D eigenvalue weighted by atomic mass is 9.94. The van der Waals surface area contributed by atoms with Crippen molar-refractivity contribution in [3.63, 3.8) is 0 Å². The lowest BCUT2D eigenvalue weighted by Crippen LogP contribution is -2.50. The molecule has 0 amide bonds. The molecule has 2 fully saturated rings. The summed E-state index contributed by atoms with van der Waals surface area (Å²) in [6.45, 7) is 8.77. The molecular weight excluding hydrogens is 360 g/mol. The molecule has 1 heterocycles. The quantitative estimate of drug-likeness (QED) is 0.745. The second-order valence-corrected chi connectivity index (χ2v) is 7.29. The van der Waals surface area contributed by atoms with Crippen LogP contribution >= 0.6 is 0 Å². The molecular formula is C21H32N2O5. The van der Waals surface area contributed by atoms with Gasteiger partial charge in [0.1, 0.15) is 5.75 Å². The molecule has 156 valence electrons. The Labute approximate surface area is 166 Å². The molecule has 1 saturated carbocycles. The van der Waals surface area contributed by atoms with Gasteiger partial charge in [-0.05, 0) is 37.5 Å². The van der Waals surface area contributed by atoms with E-state index in [0.717, 1.165) is 24.9 Å². The van der Waals surface area contributed by atoms with Crippen LogP contribution in [0.2, 0.25) is 0 Å². The van der Waals surface area contributed by atoms with Crippen molar-refractivity contribution < 1.29 is 24.5 Å². The molecule has 2 N–H and O–H groups in total. The predicted molar refractivity (Wildman–Crippen MR) is 107 cm³/mol. The van der Waals surface area contributed by atoms with Crippen LogP contribution in [-0.4, -0.2) is 70.8 Å². The molecule has 2 aliphatic rings. The Morgan fingerprint density at radius 1 is 0.964 bits per heavy atom. The fourth-order valence-corrected chi connectivity index (χ4v) is 3.85. The lowest BCUT2D eigenvalue weighted by molar-refractivity contribution is -0.159. The summed E-state index contributed by atoms with van der Waals surface area (Å²) < 4.78 is 5.51. The fourth-order valence-electron chi connectivity index (χ4n) is 3.85. The number of aliphatic carboxylic acids is 2. The van der Waals surface area contributed by atoms with Crippen LogP contribution in [-0.2, 0) is 16.1 Å². The van der Waals surface area contributed by atoms with Gasteiger partial charge in [0.2, 0.25) is 0 Å². The summed E-state index contributed by atoms with van der Waals surface area (Å²) in [5, 5.41) is 14.8. The molecule has 1 aromatic rings. The average molecular weight is 392 g/mol. The van der Waals surface area contributed by atoms with Crippen LogP contribution in [0, 0.1) is 0 Å². The molecule has 1 aliphatic carbocycles. The van der Waals surface area contributed by atoms with Crippen molar-refractivity contribution >= 4 is 11.9 Å². The summed E-state index contributed by atoms with van der Waals surface area (Å²) in [6.07, 6.45) is 7.19. The van der Waals surface area contributed by atoms with Gasteiger partial charge in [0, 0.05) is 38.8 Å². The second-order valence-electron chi connectivity index (χ2n) is 7.29. The van der Waals surface area contributed by atoms with E-state index in [1.807, 2.05) is 6.92 Å². The van der Waals surface area contributed by atoms with Crippen LogP contribution in [0.3, 0.4) is 0 Å². The number of carbonyl (C=O) groups is 2. The Hall–Kier alpha value is -2.12. The molecule has 0 spiro atoms. The van der Waals surface area contributed by atoms with Crippen LogP contribution in [0.5, 0.6) is 5.75 Å². The van der Waals surface area contributed by atoms with Gasteiger partial charge in [0.25, 0.3) is 0 Å². The predicted octanol–water partition coefficient (Wildman–Crippen LogP) is 2.69. The summed E-state index contributed by atoms with van der Waals surface area (Å²) in [7, 11) is 0. The van der Waals surface area contributed by atoms with E-state index in [1.165, 1.54) is 63.8 Å². The van der Waals surface area contributed by atoms with Crippen molar-refractivity contribution in [2.75, 3.05) is 32.8 Å². The number of benzene rings is 1. The normalized spacial score (nSPS) is 18.8.